The van der Waals surface area contributed by atoms with Crippen molar-refractivity contribution >= 4 is 29.5 Å². The fourth-order valence-corrected chi connectivity index (χ4v) is 3.46. The van der Waals surface area contributed by atoms with E-state index in [1.807, 2.05) is 26.8 Å². The van der Waals surface area contributed by atoms with Crippen molar-refractivity contribution in [3.63, 3.8) is 0 Å². The number of hydrogen-bond acceptors (Lipinski definition) is 5. The summed E-state index contributed by atoms with van der Waals surface area (Å²) in [6.07, 6.45) is 3.44. The van der Waals surface area contributed by atoms with Crippen molar-refractivity contribution in [2.45, 2.75) is 44.2 Å². The molecule has 0 aliphatic carbocycles. The maximum absolute atomic E-state index is 12.0. The molecule has 1 aliphatic heterocycles. The van der Waals surface area contributed by atoms with Gasteiger partial charge in [-0.15, -0.1) is 11.8 Å². The molecule has 0 spiro atoms. The Morgan fingerprint density at radius 3 is 2.73 bits per heavy atom. The van der Waals surface area contributed by atoms with Crippen molar-refractivity contribution in [1.29, 1.82) is 0 Å². The largest absolute Gasteiger partial charge is 0.444 e. The molecule has 0 bridgehead atoms. The molecule has 1 aliphatic rings. The van der Waals surface area contributed by atoms with E-state index in [2.05, 4.69) is 9.97 Å². The van der Waals surface area contributed by atoms with Gasteiger partial charge in [0.1, 0.15) is 10.6 Å². The summed E-state index contributed by atoms with van der Waals surface area (Å²) < 4.78 is 5.41. The van der Waals surface area contributed by atoms with Gasteiger partial charge in [-0.25, -0.2) is 14.8 Å². The Morgan fingerprint density at radius 1 is 1.45 bits per heavy atom. The van der Waals surface area contributed by atoms with E-state index in [9.17, 15) is 4.79 Å². The first-order valence-electron chi connectivity index (χ1n) is 7.43. The van der Waals surface area contributed by atoms with Crippen LogP contribution in [0.4, 0.5) is 4.79 Å². The number of aromatic nitrogens is 2. The highest BCUT2D eigenvalue weighted by molar-refractivity contribution is 7.99. The second-order valence-electron chi connectivity index (χ2n) is 6.39. The number of rotatable bonds is 3. The van der Waals surface area contributed by atoms with Gasteiger partial charge < -0.3 is 9.64 Å². The van der Waals surface area contributed by atoms with Gasteiger partial charge in [0.05, 0.1) is 0 Å². The van der Waals surface area contributed by atoms with Crippen LogP contribution in [0.5, 0.6) is 0 Å². The second-order valence-corrected chi connectivity index (χ2v) is 7.76. The molecule has 2 heterocycles. The molecular formula is C15H22ClN3O2S. The normalized spacial score (nSPS) is 16.6. The number of amides is 1. The van der Waals surface area contributed by atoms with Gasteiger partial charge in [0.25, 0.3) is 0 Å². The van der Waals surface area contributed by atoms with E-state index in [1.165, 1.54) is 0 Å². The summed E-state index contributed by atoms with van der Waals surface area (Å²) in [7, 11) is 0. The van der Waals surface area contributed by atoms with Crippen molar-refractivity contribution in [1.82, 2.24) is 14.9 Å². The van der Waals surface area contributed by atoms with Gasteiger partial charge >= 0.3 is 6.09 Å². The summed E-state index contributed by atoms with van der Waals surface area (Å²) in [5.41, 5.74) is -0.434. The molecule has 0 unspecified atom stereocenters. The van der Waals surface area contributed by atoms with Gasteiger partial charge in [0.15, 0.2) is 0 Å². The van der Waals surface area contributed by atoms with Crippen LogP contribution in [0.1, 0.15) is 33.6 Å². The quantitative estimate of drug-likeness (QED) is 0.473. The van der Waals surface area contributed by atoms with E-state index in [0.29, 0.717) is 5.92 Å². The third-order valence-corrected chi connectivity index (χ3v) is 4.68. The van der Waals surface area contributed by atoms with E-state index >= 15 is 0 Å². The minimum atomic E-state index is -0.434. The van der Waals surface area contributed by atoms with E-state index < -0.39 is 5.60 Å². The van der Waals surface area contributed by atoms with E-state index in [4.69, 9.17) is 16.3 Å². The van der Waals surface area contributed by atoms with Crippen LogP contribution in [-0.2, 0) is 4.74 Å². The summed E-state index contributed by atoms with van der Waals surface area (Å²) in [5.74, 6) is 1.56. The fraction of sp³-hybridized carbons (Fsp3) is 0.667. The number of thioether (sulfide) groups is 1. The smallest absolute Gasteiger partial charge is 0.410 e. The Morgan fingerprint density at radius 2 is 2.14 bits per heavy atom. The zero-order chi connectivity index (χ0) is 16.2. The first-order valence-corrected chi connectivity index (χ1v) is 8.79. The van der Waals surface area contributed by atoms with Crippen LogP contribution < -0.4 is 0 Å². The molecule has 0 radical (unpaired) electrons. The van der Waals surface area contributed by atoms with E-state index in [0.717, 1.165) is 36.7 Å². The van der Waals surface area contributed by atoms with Gasteiger partial charge in [-0.2, -0.15) is 0 Å². The molecule has 122 valence electrons. The molecular weight excluding hydrogens is 322 g/mol. The Hall–Kier alpha value is -1.01. The molecule has 5 nitrogen and oxygen atoms in total. The fourth-order valence-electron chi connectivity index (χ4n) is 2.21. The lowest BCUT2D eigenvalue weighted by Gasteiger charge is -2.33. The van der Waals surface area contributed by atoms with Crippen LogP contribution in [0.2, 0.25) is 5.28 Å². The van der Waals surface area contributed by atoms with Gasteiger partial charge in [0.2, 0.25) is 5.28 Å². The molecule has 0 atom stereocenters. The third-order valence-electron chi connectivity index (χ3n) is 3.33. The SMILES string of the molecule is CC(C)(C)OC(=O)N1CCC(CSc2ccnc(Cl)n2)CC1. The summed E-state index contributed by atoms with van der Waals surface area (Å²) >= 11 is 7.47. The number of halogens is 1. The van der Waals surface area contributed by atoms with Crippen molar-refractivity contribution in [3.8, 4) is 0 Å². The Labute approximate surface area is 140 Å². The summed E-state index contributed by atoms with van der Waals surface area (Å²) in [6.45, 7) is 7.18. The number of piperidine rings is 1. The monoisotopic (exact) mass is 343 g/mol. The molecule has 0 N–H and O–H groups in total. The van der Waals surface area contributed by atoms with Crippen LogP contribution >= 0.6 is 23.4 Å². The average Bonchev–Trinajstić information content (AvgIpc) is 2.44. The van der Waals surface area contributed by atoms with E-state index in [1.54, 1.807) is 22.9 Å². The third kappa shape index (κ3) is 5.65. The van der Waals surface area contributed by atoms with Gasteiger partial charge in [-0.1, -0.05) is 0 Å². The highest BCUT2D eigenvalue weighted by atomic mass is 35.5. The van der Waals surface area contributed by atoms with Gasteiger partial charge in [-0.3, -0.25) is 0 Å². The van der Waals surface area contributed by atoms with Crippen LogP contribution in [-0.4, -0.2) is 45.4 Å². The highest BCUT2D eigenvalue weighted by Gasteiger charge is 2.26. The van der Waals surface area contributed by atoms with Crippen molar-refractivity contribution in [3.05, 3.63) is 17.5 Å². The number of nitrogens with zero attached hydrogens (tertiary/aromatic N) is 3. The molecule has 2 rings (SSSR count). The number of likely N-dealkylation sites (tertiary alicyclic amines) is 1. The first kappa shape index (κ1) is 17.3. The van der Waals surface area contributed by atoms with Crippen LogP contribution in [0.15, 0.2) is 17.3 Å². The van der Waals surface area contributed by atoms with Gasteiger partial charge in [0, 0.05) is 25.0 Å². The lowest BCUT2D eigenvalue weighted by molar-refractivity contribution is 0.0191. The van der Waals surface area contributed by atoms with Crippen LogP contribution in [0, 0.1) is 5.92 Å². The molecule has 1 fully saturated rings. The average molecular weight is 344 g/mol. The Balaban J connectivity index is 1.74. The maximum Gasteiger partial charge on any atom is 0.410 e. The lowest BCUT2D eigenvalue weighted by Crippen LogP contribution is -2.42. The Kier molecular flexibility index (Phi) is 5.92. The molecule has 1 aromatic rings. The molecule has 0 aromatic carbocycles. The van der Waals surface area contributed by atoms with Crippen LogP contribution in [0.3, 0.4) is 0 Å². The van der Waals surface area contributed by atoms with Crippen molar-refractivity contribution in [2.75, 3.05) is 18.8 Å². The molecule has 22 heavy (non-hydrogen) atoms. The summed E-state index contributed by atoms with van der Waals surface area (Å²) in [6, 6.07) is 1.87. The number of hydrogen-bond donors (Lipinski definition) is 0. The molecule has 1 saturated heterocycles. The summed E-state index contributed by atoms with van der Waals surface area (Å²) in [4.78, 5) is 21.9. The topological polar surface area (TPSA) is 55.3 Å². The minimum Gasteiger partial charge on any atom is -0.444 e. The Bertz CT molecular complexity index is 514. The number of ether oxygens (including phenoxy) is 1. The second kappa shape index (κ2) is 7.51. The van der Waals surface area contributed by atoms with Crippen molar-refractivity contribution < 1.29 is 9.53 Å². The lowest BCUT2D eigenvalue weighted by atomic mass is 9.99. The minimum absolute atomic E-state index is 0.207. The molecule has 0 saturated carbocycles. The van der Waals surface area contributed by atoms with Crippen molar-refractivity contribution in [2.24, 2.45) is 5.92 Å². The first-order chi connectivity index (χ1) is 10.3. The predicted octanol–water partition coefficient (Wildman–Crippen LogP) is 3.87. The zero-order valence-corrected chi connectivity index (χ0v) is 14.8. The van der Waals surface area contributed by atoms with E-state index in [-0.39, 0.29) is 11.4 Å². The van der Waals surface area contributed by atoms with Crippen LogP contribution in [0.25, 0.3) is 0 Å². The molecule has 7 heteroatoms. The molecule has 1 aromatic heterocycles. The summed E-state index contributed by atoms with van der Waals surface area (Å²) in [5, 5.41) is 1.18. The highest BCUT2D eigenvalue weighted by Crippen LogP contribution is 2.26. The zero-order valence-electron chi connectivity index (χ0n) is 13.2. The standard InChI is InChI=1S/C15H22ClN3O2S/c1-15(2,3)21-14(20)19-8-5-11(6-9-19)10-22-12-4-7-17-13(16)18-12/h4,7,11H,5-6,8-10H2,1-3H3. The predicted molar refractivity (Wildman–Crippen MR) is 88.3 cm³/mol. The van der Waals surface area contributed by atoms with Gasteiger partial charge in [-0.05, 0) is 57.2 Å². The number of carbonyl (C=O) groups is 1. The number of carbonyl (C=O) groups excluding carboxylic acids is 1. The molecule has 1 amide bonds. The maximum atomic E-state index is 12.0.